The molecular formula is C14H19N5O3. The first-order valence-corrected chi connectivity index (χ1v) is 7.35. The fourth-order valence-electron chi connectivity index (χ4n) is 2.98. The van der Waals surface area contributed by atoms with Gasteiger partial charge in [-0.05, 0) is 19.8 Å². The third kappa shape index (κ3) is 1.98. The van der Waals surface area contributed by atoms with Crippen molar-refractivity contribution in [1.29, 1.82) is 0 Å². The summed E-state index contributed by atoms with van der Waals surface area (Å²) in [5.41, 5.74) is -0.281. The lowest BCUT2D eigenvalue weighted by Gasteiger charge is -2.21. The van der Waals surface area contributed by atoms with E-state index in [0.717, 1.165) is 30.5 Å². The number of likely N-dealkylation sites (tertiary alicyclic amines) is 1. The molecule has 1 aliphatic heterocycles. The SMILES string of the molecule is C[C@H](C(=O)N1CCCC1)n1cnc2c1c(=O)n(C)c(=O)n2C. The largest absolute Gasteiger partial charge is 0.341 e. The second-order valence-corrected chi connectivity index (χ2v) is 5.74. The molecule has 1 saturated heterocycles. The van der Waals surface area contributed by atoms with Crippen LogP contribution in [0.1, 0.15) is 25.8 Å². The van der Waals surface area contributed by atoms with Gasteiger partial charge in [-0.25, -0.2) is 9.78 Å². The maximum atomic E-state index is 12.5. The van der Waals surface area contributed by atoms with Gasteiger partial charge in [-0.3, -0.25) is 18.7 Å². The van der Waals surface area contributed by atoms with Gasteiger partial charge < -0.3 is 9.47 Å². The van der Waals surface area contributed by atoms with Crippen LogP contribution < -0.4 is 11.2 Å². The van der Waals surface area contributed by atoms with Gasteiger partial charge in [-0.2, -0.15) is 0 Å². The fraction of sp³-hybridized carbons (Fsp3) is 0.571. The smallest absolute Gasteiger partial charge is 0.332 e. The Morgan fingerprint density at radius 3 is 2.45 bits per heavy atom. The molecule has 0 bridgehead atoms. The summed E-state index contributed by atoms with van der Waals surface area (Å²) in [6, 6.07) is -0.520. The number of carbonyl (C=O) groups excluding carboxylic acids is 1. The molecule has 0 N–H and O–H groups in total. The summed E-state index contributed by atoms with van der Waals surface area (Å²) in [5, 5.41) is 0. The standard InChI is InChI=1S/C14H19N5O3/c1-9(12(20)18-6-4-5-7-18)19-8-15-11-10(19)13(21)17(3)14(22)16(11)2/h8-9H,4-7H2,1-3H3/t9-/m1/s1. The summed E-state index contributed by atoms with van der Waals surface area (Å²) in [5.74, 6) is -0.0206. The average molecular weight is 305 g/mol. The Bertz CT molecular complexity index is 854. The molecule has 0 spiro atoms. The number of rotatable bonds is 2. The number of aryl methyl sites for hydroxylation is 1. The molecule has 22 heavy (non-hydrogen) atoms. The summed E-state index contributed by atoms with van der Waals surface area (Å²) in [7, 11) is 2.99. The lowest BCUT2D eigenvalue weighted by molar-refractivity contribution is -0.133. The maximum absolute atomic E-state index is 12.5. The van der Waals surface area contributed by atoms with E-state index in [1.54, 1.807) is 18.5 Å². The van der Waals surface area contributed by atoms with E-state index in [-0.39, 0.29) is 11.4 Å². The summed E-state index contributed by atoms with van der Waals surface area (Å²) in [6.45, 7) is 3.27. The summed E-state index contributed by atoms with van der Waals surface area (Å²) >= 11 is 0. The van der Waals surface area contributed by atoms with Crippen molar-refractivity contribution < 1.29 is 4.79 Å². The topological polar surface area (TPSA) is 82.1 Å². The number of imidazole rings is 1. The number of hydrogen-bond acceptors (Lipinski definition) is 4. The molecule has 0 unspecified atom stereocenters. The van der Waals surface area contributed by atoms with Crippen molar-refractivity contribution >= 4 is 17.1 Å². The molecule has 0 saturated carbocycles. The van der Waals surface area contributed by atoms with Gasteiger partial charge in [0, 0.05) is 27.2 Å². The minimum Gasteiger partial charge on any atom is -0.341 e. The van der Waals surface area contributed by atoms with Crippen LogP contribution in [0.4, 0.5) is 0 Å². The molecule has 8 heteroatoms. The van der Waals surface area contributed by atoms with E-state index in [9.17, 15) is 14.4 Å². The first kappa shape index (κ1) is 14.6. The zero-order valence-corrected chi connectivity index (χ0v) is 12.9. The highest BCUT2D eigenvalue weighted by Crippen LogP contribution is 2.18. The number of nitrogens with zero attached hydrogens (tertiary/aromatic N) is 5. The Morgan fingerprint density at radius 1 is 1.18 bits per heavy atom. The summed E-state index contributed by atoms with van der Waals surface area (Å²) < 4.78 is 3.92. The molecule has 0 aliphatic carbocycles. The fourth-order valence-corrected chi connectivity index (χ4v) is 2.98. The third-order valence-electron chi connectivity index (χ3n) is 4.37. The summed E-state index contributed by atoms with van der Waals surface area (Å²) in [4.78, 5) is 42.8. The van der Waals surface area contributed by atoms with Gasteiger partial charge in [0.05, 0.1) is 6.33 Å². The first-order chi connectivity index (χ1) is 10.4. The van der Waals surface area contributed by atoms with Crippen LogP contribution in [0.5, 0.6) is 0 Å². The highest BCUT2D eigenvalue weighted by molar-refractivity contribution is 5.82. The van der Waals surface area contributed by atoms with E-state index in [1.165, 1.54) is 17.9 Å². The van der Waals surface area contributed by atoms with Gasteiger partial charge in [0.1, 0.15) is 6.04 Å². The zero-order chi connectivity index (χ0) is 16.0. The van der Waals surface area contributed by atoms with Crippen LogP contribution in [0, 0.1) is 0 Å². The minimum absolute atomic E-state index is 0.0206. The lowest BCUT2D eigenvalue weighted by Crippen LogP contribution is -2.39. The van der Waals surface area contributed by atoms with Crippen LogP contribution in [0.2, 0.25) is 0 Å². The van der Waals surface area contributed by atoms with Gasteiger partial charge in [0.15, 0.2) is 11.2 Å². The van der Waals surface area contributed by atoms with Crippen molar-refractivity contribution in [3.05, 3.63) is 27.2 Å². The van der Waals surface area contributed by atoms with Crippen molar-refractivity contribution in [2.45, 2.75) is 25.8 Å². The Hall–Kier alpha value is -2.38. The van der Waals surface area contributed by atoms with Crippen molar-refractivity contribution in [3.8, 4) is 0 Å². The molecule has 2 aromatic heterocycles. The predicted molar refractivity (Wildman–Crippen MR) is 80.7 cm³/mol. The van der Waals surface area contributed by atoms with Crippen molar-refractivity contribution in [2.75, 3.05) is 13.1 Å². The molecule has 1 amide bonds. The first-order valence-electron chi connectivity index (χ1n) is 7.35. The molecule has 0 aromatic carbocycles. The van der Waals surface area contributed by atoms with Gasteiger partial charge in [-0.15, -0.1) is 0 Å². The van der Waals surface area contributed by atoms with Crippen molar-refractivity contribution in [2.24, 2.45) is 14.1 Å². The Balaban J connectivity index is 2.14. The van der Waals surface area contributed by atoms with Crippen LogP contribution in [-0.2, 0) is 18.9 Å². The molecule has 1 aliphatic rings. The van der Waals surface area contributed by atoms with E-state index in [0.29, 0.717) is 5.65 Å². The summed E-state index contributed by atoms with van der Waals surface area (Å²) in [6.07, 6.45) is 3.49. The van der Waals surface area contributed by atoms with E-state index in [2.05, 4.69) is 4.98 Å². The van der Waals surface area contributed by atoms with E-state index >= 15 is 0 Å². The second kappa shape index (κ2) is 5.11. The van der Waals surface area contributed by atoms with Crippen molar-refractivity contribution in [3.63, 3.8) is 0 Å². The molecular weight excluding hydrogens is 286 g/mol. The van der Waals surface area contributed by atoms with Crippen LogP contribution >= 0.6 is 0 Å². The quantitative estimate of drug-likeness (QED) is 0.757. The van der Waals surface area contributed by atoms with Crippen LogP contribution in [0.25, 0.3) is 11.2 Å². The maximum Gasteiger partial charge on any atom is 0.332 e. The van der Waals surface area contributed by atoms with Gasteiger partial charge in [0.2, 0.25) is 5.91 Å². The number of aromatic nitrogens is 4. The normalized spacial score (nSPS) is 16.4. The van der Waals surface area contributed by atoms with Crippen LogP contribution in [-0.4, -0.2) is 42.6 Å². The minimum atomic E-state index is -0.520. The Morgan fingerprint density at radius 2 is 1.82 bits per heavy atom. The third-order valence-corrected chi connectivity index (χ3v) is 4.37. The molecule has 1 atom stereocenters. The van der Waals surface area contributed by atoms with Gasteiger partial charge >= 0.3 is 5.69 Å². The van der Waals surface area contributed by atoms with E-state index < -0.39 is 17.3 Å². The van der Waals surface area contributed by atoms with E-state index in [1.807, 2.05) is 4.90 Å². The van der Waals surface area contributed by atoms with Gasteiger partial charge in [0.25, 0.3) is 5.56 Å². The zero-order valence-electron chi connectivity index (χ0n) is 12.9. The van der Waals surface area contributed by atoms with Crippen molar-refractivity contribution in [1.82, 2.24) is 23.6 Å². The van der Waals surface area contributed by atoms with Gasteiger partial charge in [-0.1, -0.05) is 0 Å². The van der Waals surface area contributed by atoms with Crippen LogP contribution in [0.3, 0.4) is 0 Å². The second-order valence-electron chi connectivity index (χ2n) is 5.74. The predicted octanol–water partition coefficient (Wildman–Crippen LogP) is -0.383. The molecule has 2 aromatic rings. The van der Waals surface area contributed by atoms with Crippen LogP contribution in [0.15, 0.2) is 15.9 Å². The highest BCUT2D eigenvalue weighted by Gasteiger charge is 2.27. The number of hydrogen-bond donors (Lipinski definition) is 0. The molecule has 1 fully saturated rings. The average Bonchev–Trinajstić information content (AvgIpc) is 3.18. The highest BCUT2D eigenvalue weighted by atomic mass is 16.2. The lowest BCUT2D eigenvalue weighted by atomic mass is 10.3. The Labute approximate surface area is 126 Å². The number of carbonyl (C=O) groups is 1. The molecule has 3 heterocycles. The number of fused-ring (bicyclic) bond motifs is 1. The molecule has 3 rings (SSSR count). The Kier molecular flexibility index (Phi) is 3.38. The number of amides is 1. The molecule has 0 radical (unpaired) electrons. The molecule has 8 nitrogen and oxygen atoms in total. The monoisotopic (exact) mass is 305 g/mol. The molecule has 118 valence electrons. The van der Waals surface area contributed by atoms with E-state index in [4.69, 9.17) is 0 Å².